The van der Waals surface area contributed by atoms with Gasteiger partial charge in [0.25, 0.3) is 11.8 Å². The summed E-state index contributed by atoms with van der Waals surface area (Å²) in [4.78, 5) is 30.6. The molecule has 2 amide bonds. The maximum atomic E-state index is 13.3. The van der Waals surface area contributed by atoms with Gasteiger partial charge in [-0.25, -0.2) is 18.1 Å². The lowest BCUT2D eigenvalue weighted by atomic mass is 10.0. The van der Waals surface area contributed by atoms with Crippen LogP contribution in [-0.2, 0) is 9.84 Å². The van der Waals surface area contributed by atoms with Crippen LogP contribution in [0.1, 0.15) is 38.9 Å². The minimum Gasteiger partial charge on any atom is -0.345 e. The second kappa shape index (κ2) is 9.07. The van der Waals surface area contributed by atoms with Crippen molar-refractivity contribution in [3.63, 3.8) is 0 Å². The van der Waals surface area contributed by atoms with Crippen molar-refractivity contribution >= 4 is 54.9 Å². The number of hydrogen-bond acceptors (Lipinski definition) is 7. The van der Waals surface area contributed by atoms with Crippen LogP contribution in [0.15, 0.2) is 41.1 Å². The molecule has 13 heteroatoms. The van der Waals surface area contributed by atoms with E-state index in [1.165, 1.54) is 29.1 Å². The van der Waals surface area contributed by atoms with Gasteiger partial charge < -0.3 is 10.6 Å². The van der Waals surface area contributed by atoms with Crippen molar-refractivity contribution < 1.29 is 18.0 Å². The van der Waals surface area contributed by atoms with Gasteiger partial charge in [-0.1, -0.05) is 11.6 Å². The molecular weight excluding hydrogens is 560 g/mol. The Morgan fingerprint density at radius 1 is 1.26 bits per heavy atom. The van der Waals surface area contributed by atoms with E-state index >= 15 is 0 Å². The monoisotopic (exact) mass is 576 g/mol. The molecular formula is C22H18BrClN6O4S. The van der Waals surface area contributed by atoms with E-state index in [4.69, 9.17) is 11.6 Å². The summed E-state index contributed by atoms with van der Waals surface area (Å²) in [5.41, 5.74) is 0.0341. The summed E-state index contributed by atoms with van der Waals surface area (Å²) in [6, 6.07) is 9.58. The third-order valence-electron chi connectivity index (χ3n) is 5.29. The first-order chi connectivity index (χ1) is 16.4. The summed E-state index contributed by atoms with van der Waals surface area (Å²) in [6.07, 6.45) is 1.51. The van der Waals surface area contributed by atoms with E-state index < -0.39 is 27.2 Å². The molecule has 4 rings (SSSR count). The average Bonchev–Trinajstić information content (AvgIpc) is 3.14. The maximum Gasteiger partial charge on any atom is 0.274 e. The molecule has 2 aromatic heterocycles. The largest absolute Gasteiger partial charge is 0.345 e. The number of rotatable bonds is 5. The van der Waals surface area contributed by atoms with E-state index in [1.807, 2.05) is 6.07 Å². The fourth-order valence-electron chi connectivity index (χ4n) is 3.92. The van der Waals surface area contributed by atoms with Crippen molar-refractivity contribution in [2.45, 2.75) is 19.4 Å². The quantitative estimate of drug-likeness (QED) is 0.474. The predicted octanol–water partition coefficient (Wildman–Crippen LogP) is 3.03. The molecule has 10 nitrogen and oxygen atoms in total. The van der Waals surface area contributed by atoms with Gasteiger partial charge in [0.15, 0.2) is 15.7 Å². The van der Waals surface area contributed by atoms with Crippen LogP contribution in [0.25, 0.3) is 5.82 Å². The number of nitrogens with zero attached hydrogens (tertiary/aromatic N) is 4. The topological polar surface area (TPSA) is 147 Å². The Bertz CT molecular complexity index is 1520. The second-order valence-corrected chi connectivity index (χ2v) is 11.7. The molecule has 1 saturated heterocycles. The number of nitrogens with one attached hydrogen (secondary N) is 2. The van der Waals surface area contributed by atoms with Crippen molar-refractivity contribution in [2.24, 2.45) is 0 Å². The summed E-state index contributed by atoms with van der Waals surface area (Å²) < 4.78 is 24.9. The van der Waals surface area contributed by atoms with Crippen molar-refractivity contribution in [3.05, 3.63) is 68.5 Å². The number of halogens is 2. The number of nitriles is 1. The first-order valence-corrected chi connectivity index (χ1v) is 13.2. The average molecular weight is 578 g/mol. The molecule has 0 spiro atoms. The van der Waals surface area contributed by atoms with E-state index in [0.717, 1.165) is 0 Å². The molecule has 0 aliphatic carbocycles. The Morgan fingerprint density at radius 3 is 2.60 bits per heavy atom. The number of hydrogen-bond donors (Lipinski definition) is 2. The number of carbonyl (C=O) groups excluding carboxylic acids is 2. The van der Waals surface area contributed by atoms with Gasteiger partial charge in [-0.3, -0.25) is 9.59 Å². The van der Waals surface area contributed by atoms with Gasteiger partial charge in [0.2, 0.25) is 0 Å². The summed E-state index contributed by atoms with van der Waals surface area (Å²) in [7, 11) is -3.20. The van der Waals surface area contributed by atoms with Gasteiger partial charge in [0.05, 0.1) is 45.0 Å². The molecule has 0 bridgehead atoms. The van der Waals surface area contributed by atoms with Crippen LogP contribution >= 0.6 is 27.5 Å². The number of amides is 2. The van der Waals surface area contributed by atoms with Crippen LogP contribution in [0, 0.1) is 18.3 Å². The smallest absolute Gasteiger partial charge is 0.274 e. The highest BCUT2D eigenvalue weighted by Gasteiger charge is 2.46. The van der Waals surface area contributed by atoms with Crippen LogP contribution < -0.4 is 10.6 Å². The predicted molar refractivity (Wildman–Crippen MR) is 132 cm³/mol. The standard InChI is InChI=1S/C22H18BrClN6O4S/c1-12-6-13(9-25)7-14(20(31)28-22(2)10-35(33,34)11-22)18(12)27-21(32)16-8-17(23)29-30(16)19-15(24)4-3-5-26-19/h3-8H,10-11H2,1-2H3,(H,27,32)(H,28,31). The molecule has 0 atom stereocenters. The molecule has 1 aromatic carbocycles. The van der Waals surface area contributed by atoms with Gasteiger partial charge in [0, 0.05) is 12.3 Å². The molecule has 35 heavy (non-hydrogen) atoms. The molecule has 3 aromatic rings. The fourth-order valence-corrected chi connectivity index (χ4v) is 6.50. The van der Waals surface area contributed by atoms with Crippen molar-refractivity contribution in [1.29, 1.82) is 5.26 Å². The Balaban J connectivity index is 1.70. The zero-order chi connectivity index (χ0) is 25.5. The lowest BCUT2D eigenvalue weighted by molar-refractivity contribution is 0.0917. The van der Waals surface area contributed by atoms with E-state index in [1.54, 1.807) is 26.0 Å². The Kier molecular flexibility index (Phi) is 6.44. The summed E-state index contributed by atoms with van der Waals surface area (Å²) in [5, 5.41) is 19.3. The van der Waals surface area contributed by atoms with Gasteiger partial charge in [-0.15, -0.1) is 0 Å². The highest BCUT2D eigenvalue weighted by molar-refractivity contribution is 9.10. The first kappa shape index (κ1) is 24.8. The minimum atomic E-state index is -3.20. The molecule has 0 saturated carbocycles. The Morgan fingerprint density at radius 2 is 1.97 bits per heavy atom. The molecule has 0 unspecified atom stereocenters. The summed E-state index contributed by atoms with van der Waals surface area (Å²) >= 11 is 9.49. The SMILES string of the molecule is Cc1cc(C#N)cc(C(=O)NC2(C)CS(=O)(=O)C2)c1NC(=O)c1cc(Br)nn1-c1ncccc1Cl. The summed E-state index contributed by atoms with van der Waals surface area (Å²) in [5.74, 6) is -1.37. The zero-order valence-electron chi connectivity index (χ0n) is 18.5. The van der Waals surface area contributed by atoms with E-state index in [2.05, 4.69) is 36.6 Å². The van der Waals surface area contributed by atoms with Crippen LogP contribution in [0.4, 0.5) is 5.69 Å². The number of benzene rings is 1. The molecule has 1 fully saturated rings. The maximum absolute atomic E-state index is 13.3. The van der Waals surface area contributed by atoms with E-state index in [-0.39, 0.29) is 44.9 Å². The number of pyridine rings is 1. The highest BCUT2D eigenvalue weighted by Crippen LogP contribution is 2.28. The molecule has 2 N–H and O–H groups in total. The third kappa shape index (κ3) is 5.07. The molecule has 1 aliphatic rings. The van der Waals surface area contributed by atoms with Gasteiger partial charge in [-0.2, -0.15) is 10.4 Å². The first-order valence-electron chi connectivity index (χ1n) is 10.2. The van der Waals surface area contributed by atoms with Crippen molar-refractivity contribution in [3.8, 4) is 11.9 Å². The number of aromatic nitrogens is 3. The summed E-state index contributed by atoms with van der Waals surface area (Å²) in [6.45, 7) is 3.27. The molecule has 0 radical (unpaired) electrons. The number of sulfone groups is 1. The highest BCUT2D eigenvalue weighted by atomic mass is 79.9. The Hall–Kier alpha value is -3.27. The van der Waals surface area contributed by atoms with Crippen LogP contribution in [0.5, 0.6) is 0 Å². The van der Waals surface area contributed by atoms with Crippen molar-refractivity contribution in [2.75, 3.05) is 16.8 Å². The normalized spacial score (nSPS) is 15.5. The lowest BCUT2D eigenvalue weighted by Crippen LogP contribution is -2.63. The van der Waals surface area contributed by atoms with Gasteiger partial charge >= 0.3 is 0 Å². The number of carbonyl (C=O) groups is 2. The van der Waals surface area contributed by atoms with E-state index in [9.17, 15) is 23.3 Å². The van der Waals surface area contributed by atoms with Crippen LogP contribution in [0.2, 0.25) is 5.02 Å². The lowest BCUT2D eigenvalue weighted by Gasteiger charge is -2.38. The fraction of sp³-hybridized carbons (Fsp3) is 0.227. The van der Waals surface area contributed by atoms with Crippen LogP contribution in [0.3, 0.4) is 0 Å². The Labute approximate surface area is 214 Å². The second-order valence-electron chi connectivity index (χ2n) is 8.40. The van der Waals surface area contributed by atoms with Gasteiger partial charge in [-0.05, 0) is 59.6 Å². The molecule has 180 valence electrons. The van der Waals surface area contributed by atoms with Crippen molar-refractivity contribution in [1.82, 2.24) is 20.1 Å². The molecule has 3 heterocycles. The number of anilines is 1. The van der Waals surface area contributed by atoms with E-state index in [0.29, 0.717) is 10.2 Å². The minimum absolute atomic E-state index is 0.0291. The molecule has 1 aliphatic heterocycles. The van der Waals surface area contributed by atoms with Crippen LogP contribution in [-0.4, -0.2) is 52.0 Å². The zero-order valence-corrected chi connectivity index (χ0v) is 21.6. The number of aryl methyl sites for hydroxylation is 1. The third-order valence-corrected chi connectivity index (χ3v) is 8.13. The van der Waals surface area contributed by atoms with Gasteiger partial charge in [0.1, 0.15) is 10.3 Å².